The van der Waals surface area contributed by atoms with Crippen LogP contribution in [0.5, 0.6) is 0 Å². The Labute approximate surface area is 99.5 Å². The van der Waals surface area contributed by atoms with Crippen LogP contribution in [0, 0.1) is 0 Å². The molecule has 0 bridgehead atoms. The first kappa shape index (κ1) is 11.5. The van der Waals surface area contributed by atoms with Crippen molar-refractivity contribution in [3.8, 4) is 0 Å². The molecule has 1 heteroatoms. The number of benzene rings is 1. The van der Waals surface area contributed by atoms with Crippen LogP contribution in [0.4, 0.5) is 5.69 Å². The first-order chi connectivity index (χ1) is 7.41. The Kier molecular flexibility index (Phi) is 2.73. The van der Waals surface area contributed by atoms with Gasteiger partial charge in [-0.3, -0.25) is 0 Å². The molecule has 1 aliphatic rings. The normalized spacial score (nSPS) is 15.8. The van der Waals surface area contributed by atoms with Crippen molar-refractivity contribution in [1.29, 1.82) is 0 Å². The summed E-state index contributed by atoms with van der Waals surface area (Å²) in [5.74, 6) is 0. The predicted molar refractivity (Wildman–Crippen MR) is 71.3 cm³/mol. The van der Waals surface area contributed by atoms with Crippen molar-refractivity contribution in [2.45, 2.75) is 52.5 Å². The molecule has 0 saturated carbocycles. The van der Waals surface area contributed by atoms with Gasteiger partial charge >= 0.3 is 0 Å². The summed E-state index contributed by atoms with van der Waals surface area (Å²) < 4.78 is 0. The van der Waals surface area contributed by atoms with Gasteiger partial charge in [-0.15, -0.1) is 0 Å². The van der Waals surface area contributed by atoms with Gasteiger partial charge in [0.25, 0.3) is 0 Å². The molecule has 0 unspecified atom stereocenters. The molecule has 0 N–H and O–H groups in total. The molecule has 0 aromatic heterocycles. The minimum absolute atomic E-state index is 0.262. The largest absolute Gasteiger partial charge is 0.369 e. The highest BCUT2D eigenvalue weighted by Gasteiger charge is 2.27. The molecule has 0 atom stereocenters. The lowest BCUT2D eigenvalue weighted by Crippen LogP contribution is -2.28. The summed E-state index contributed by atoms with van der Waals surface area (Å²) in [6, 6.07) is 7.39. The van der Waals surface area contributed by atoms with Crippen LogP contribution in [0.25, 0.3) is 0 Å². The average molecular weight is 217 g/mol. The fraction of sp³-hybridized carbons (Fsp3) is 0.600. The summed E-state index contributed by atoms with van der Waals surface area (Å²) in [5, 5.41) is 0. The maximum absolute atomic E-state index is 2.52. The molecule has 1 heterocycles. The highest BCUT2D eigenvalue weighted by atomic mass is 15.2. The number of nitrogens with zero attached hydrogens (tertiary/aromatic N) is 1. The molecule has 0 amide bonds. The zero-order valence-corrected chi connectivity index (χ0v) is 11.2. The van der Waals surface area contributed by atoms with Crippen molar-refractivity contribution >= 4 is 5.69 Å². The second kappa shape index (κ2) is 3.80. The second-order valence-electron chi connectivity index (χ2n) is 6.09. The van der Waals surface area contributed by atoms with Crippen molar-refractivity contribution in [2.24, 2.45) is 0 Å². The van der Waals surface area contributed by atoms with Crippen LogP contribution in [-0.4, -0.2) is 12.6 Å². The number of fused-ring (bicyclic) bond motifs is 1. The zero-order chi connectivity index (χ0) is 11.9. The third-order valence-corrected chi connectivity index (χ3v) is 3.49. The summed E-state index contributed by atoms with van der Waals surface area (Å²) >= 11 is 0. The van der Waals surface area contributed by atoms with Crippen LogP contribution in [-0.2, 0) is 11.8 Å². The van der Waals surface area contributed by atoms with Gasteiger partial charge in [-0.1, -0.05) is 32.9 Å². The highest BCUT2D eigenvalue weighted by Crippen LogP contribution is 2.37. The van der Waals surface area contributed by atoms with Gasteiger partial charge in [0.1, 0.15) is 0 Å². The van der Waals surface area contributed by atoms with Crippen molar-refractivity contribution < 1.29 is 0 Å². The summed E-state index contributed by atoms with van der Waals surface area (Å²) in [5.41, 5.74) is 4.82. The van der Waals surface area contributed by atoms with E-state index in [0.717, 1.165) is 0 Å². The van der Waals surface area contributed by atoms with Gasteiger partial charge in [0, 0.05) is 18.3 Å². The van der Waals surface area contributed by atoms with E-state index < -0.39 is 0 Å². The lowest BCUT2D eigenvalue weighted by atomic mass is 9.83. The van der Waals surface area contributed by atoms with E-state index in [-0.39, 0.29) is 5.41 Å². The molecular weight excluding hydrogens is 194 g/mol. The molecular formula is C15H23N. The Bertz CT molecular complexity index is 385. The van der Waals surface area contributed by atoms with E-state index in [2.05, 4.69) is 57.7 Å². The standard InChI is InChI=1S/C15H23N/c1-11(2)16-10-9-12-13(15(3,4)5)7-6-8-14(12)16/h6-8,11H,9-10H2,1-5H3. The smallest absolute Gasteiger partial charge is 0.0404 e. The Hall–Kier alpha value is -0.980. The van der Waals surface area contributed by atoms with Crippen LogP contribution < -0.4 is 4.90 Å². The van der Waals surface area contributed by atoms with Crippen LogP contribution in [0.1, 0.15) is 45.7 Å². The minimum atomic E-state index is 0.262. The Morgan fingerprint density at radius 2 is 1.88 bits per heavy atom. The van der Waals surface area contributed by atoms with E-state index in [9.17, 15) is 0 Å². The summed E-state index contributed by atoms with van der Waals surface area (Å²) in [6.45, 7) is 12.7. The minimum Gasteiger partial charge on any atom is -0.369 e. The summed E-state index contributed by atoms with van der Waals surface area (Å²) in [6.07, 6.45) is 1.21. The SMILES string of the molecule is CC(C)N1CCc2c1cccc2C(C)(C)C. The van der Waals surface area contributed by atoms with Gasteiger partial charge in [0.2, 0.25) is 0 Å². The molecule has 0 saturated heterocycles. The van der Waals surface area contributed by atoms with Gasteiger partial charge in [0.05, 0.1) is 0 Å². The molecule has 2 rings (SSSR count). The quantitative estimate of drug-likeness (QED) is 0.692. The van der Waals surface area contributed by atoms with Gasteiger partial charge in [-0.25, -0.2) is 0 Å². The summed E-state index contributed by atoms with van der Waals surface area (Å²) in [4.78, 5) is 2.52. The van der Waals surface area contributed by atoms with Crippen molar-refractivity contribution in [3.05, 3.63) is 29.3 Å². The Balaban J connectivity index is 2.48. The maximum atomic E-state index is 2.52. The molecule has 0 aliphatic carbocycles. The van der Waals surface area contributed by atoms with Gasteiger partial charge in [-0.05, 0) is 42.9 Å². The highest BCUT2D eigenvalue weighted by molar-refractivity contribution is 5.62. The van der Waals surface area contributed by atoms with Crippen LogP contribution in [0.2, 0.25) is 0 Å². The Morgan fingerprint density at radius 3 is 2.44 bits per heavy atom. The van der Waals surface area contributed by atoms with Crippen molar-refractivity contribution in [1.82, 2.24) is 0 Å². The molecule has 0 spiro atoms. The molecule has 0 fully saturated rings. The van der Waals surface area contributed by atoms with Crippen LogP contribution >= 0.6 is 0 Å². The van der Waals surface area contributed by atoms with E-state index in [1.807, 2.05) is 0 Å². The second-order valence-corrected chi connectivity index (χ2v) is 6.09. The van der Waals surface area contributed by atoms with Gasteiger partial charge in [-0.2, -0.15) is 0 Å². The van der Waals surface area contributed by atoms with Crippen molar-refractivity contribution in [3.63, 3.8) is 0 Å². The molecule has 88 valence electrons. The fourth-order valence-electron chi connectivity index (χ4n) is 2.70. The topological polar surface area (TPSA) is 3.24 Å². The number of anilines is 1. The van der Waals surface area contributed by atoms with Crippen molar-refractivity contribution in [2.75, 3.05) is 11.4 Å². The third kappa shape index (κ3) is 1.83. The molecule has 1 aliphatic heterocycles. The summed E-state index contributed by atoms with van der Waals surface area (Å²) in [7, 11) is 0. The zero-order valence-electron chi connectivity index (χ0n) is 11.2. The van der Waals surface area contributed by atoms with Gasteiger partial charge < -0.3 is 4.90 Å². The maximum Gasteiger partial charge on any atom is 0.0404 e. The number of hydrogen-bond acceptors (Lipinski definition) is 1. The monoisotopic (exact) mass is 217 g/mol. The number of hydrogen-bond donors (Lipinski definition) is 0. The predicted octanol–water partition coefficient (Wildman–Crippen LogP) is 3.76. The van der Waals surface area contributed by atoms with Crippen LogP contribution in [0.3, 0.4) is 0 Å². The number of rotatable bonds is 1. The van der Waals surface area contributed by atoms with E-state index in [1.54, 1.807) is 5.56 Å². The molecule has 1 nitrogen and oxygen atoms in total. The van der Waals surface area contributed by atoms with E-state index in [0.29, 0.717) is 6.04 Å². The Morgan fingerprint density at radius 1 is 1.19 bits per heavy atom. The van der Waals surface area contributed by atoms with E-state index in [1.165, 1.54) is 24.2 Å². The molecule has 1 aromatic rings. The first-order valence-electron chi connectivity index (χ1n) is 6.30. The van der Waals surface area contributed by atoms with E-state index in [4.69, 9.17) is 0 Å². The molecule has 0 radical (unpaired) electrons. The van der Waals surface area contributed by atoms with E-state index >= 15 is 0 Å². The lowest BCUT2D eigenvalue weighted by molar-refractivity contribution is 0.585. The fourth-order valence-corrected chi connectivity index (χ4v) is 2.70. The average Bonchev–Trinajstić information content (AvgIpc) is 2.58. The molecule has 16 heavy (non-hydrogen) atoms. The first-order valence-corrected chi connectivity index (χ1v) is 6.30. The van der Waals surface area contributed by atoms with Gasteiger partial charge in [0.15, 0.2) is 0 Å². The lowest BCUT2D eigenvalue weighted by Gasteiger charge is -2.26. The van der Waals surface area contributed by atoms with Crippen LogP contribution in [0.15, 0.2) is 18.2 Å². The third-order valence-electron chi connectivity index (χ3n) is 3.49. The molecule has 1 aromatic carbocycles.